The Bertz CT molecular complexity index is 549. The molecule has 86 valence electrons. The second-order valence-corrected chi connectivity index (χ2v) is 3.78. The molecule has 0 fully saturated rings. The number of benzene rings is 1. The van der Waals surface area contributed by atoms with Crippen molar-refractivity contribution in [1.29, 1.82) is 0 Å². The molecule has 0 atom stereocenters. The van der Waals surface area contributed by atoms with Gasteiger partial charge in [0.25, 0.3) is 0 Å². The van der Waals surface area contributed by atoms with E-state index in [0.717, 1.165) is 17.3 Å². The Labute approximate surface area is 100 Å². The Balaban J connectivity index is 2.04. The van der Waals surface area contributed by atoms with Crippen molar-refractivity contribution in [1.82, 2.24) is 10.3 Å². The molecule has 0 bridgehead atoms. The lowest BCUT2D eigenvalue weighted by atomic mass is 10.1. The molecule has 0 saturated heterocycles. The molecule has 1 N–H and O–H groups in total. The van der Waals surface area contributed by atoms with Gasteiger partial charge < -0.3 is 5.32 Å². The van der Waals surface area contributed by atoms with Gasteiger partial charge in [0, 0.05) is 18.1 Å². The van der Waals surface area contributed by atoms with Crippen molar-refractivity contribution in [3.05, 3.63) is 54.7 Å². The lowest BCUT2D eigenvalue weighted by Gasteiger charge is -2.04. The lowest BCUT2D eigenvalue weighted by Crippen LogP contribution is -2.23. The molecule has 0 aliphatic carbocycles. The van der Waals surface area contributed by atoms with Crippen LogP contribution in [0.3, 0.4) is 0 Å². The van der Waals surface area contributed by atoms with Crippen molar-refractivity contribution in [2.75, 3.05) is 6.54 Å². The third kappa shape index (κ3) is 2.91. The Hall–Kier alpha value is -2.16. The normalized spacial score (nSPS) is 10.1. The second kappa shape index (κ2) is 5.25. The highest BCUT2D eigenvalue weighted by atomic mass is 16.1. The summed E-state index contributed by atoms with van der Waals surface area (Å²) >= 11 is 0. The summed E-state index contributed by atoms with van der Waals surface area (Å²) in [5.74, 6) is -0.132. The van der Waals surface area contributed by atoms with E-state index in [0.29, 0.717) is 6.54 Å². The Morgan fingerprint density at radius 2 is 2.29 bits per heavy atom. The number of amides is 1. The third-order valence-corrected chi connectivity index (χ3v) is 2.57. The zero-order chi connectivity index (χ0) is 12.1. The van der Waals surface area contributed by atoms with Crippen molar-refractivity contribution in [3.8, 4) is 0 Å². The fraction of sp³-hybridized carbons (Fsp3) is 0.143. The van der Waals surface area contributed by atoms with Gasteiger partial charge in [0.05, 0.1) is 5.52 Å². The molecule has 17 heavy (non-hydrogen) atoms. The summed E-state index contributed by atoms with van der Waals surface area (Å²) < 4.78 is 0. The summed E-state index contributed by atoms with van der Waals surface area (Å²) in [6, 6.07) is 10.1. The number of carbonyl (C=O) groups excluding carboxylic acids is 1. The maximum Gasteiger partial charge on any atom is 0.243 e. The summed E-state index contributed by atoms with van der Waals surface area (Å²) in [5.41, 5.74) is 2.18. The van der Waals surface area contributed by atoms with Crippen molar-refractivity contribution < 1.29 is 4.79 Å². The van der Waals surface area contributed by atoms with Gasteiger partial charge in [-0.2, -0.15) is 0 Å². The van der Waals surface area contributed by atoms with Crippen LogP contribution in [0.5, 0.6) is 0 Å². The number of nitrogens with zero attached hydrogens (tertiary/aromatic N) is 1. The van der Waals surface area contributed by atoms with Crippen LogP contribution in [0.15, 0.2) is 49.2 Å². The first-order chi connectivity index (χ1) is 8.29. The van der Waals surface area contributed by atoms with E-state index in [9.17, 15) is 4.79 Å². The Morgan fingerprint density at radius 3 is 3.12 bits per heavy atom. The van der Waals surface area contributed by atoms with Gasteiger partial charge in [-0.15, -0.1) is 0 Å². The monoisotopic (exact) mass is 226 g/mol. The first-order valence-corrected chi connectivity index (χ1v) is 5.53. The summed E-state index contributed by atoms with van der Waals surface area (Å²) in [4.78, 5) is 15.2. The largest absolute Gasteiger partial charge is 0.352 e. The van der Waals surface area contributed by atoms with Crippen LogP contribution < -0.4 is 5.32 Å². The zero-order valence-electron chi connectivity index (χ0n) is 9.52. The van der Waals surface area contributed by atoms with Gasteiger partial charge in [0.15, 0.2) is 0 Å². The molecule has 3 heteroatoms. The molecule has 0 radical (unpaired) electrons. The van der Waals surface area contributed by atoms with Crippen LogP contribution >= 0.6 is 0 Å². The number of carbonyl (C=O) groups is 1. The van der Waals surface area contributed by atoms with Gasteiger partial charge in [-0.3, -0.25) is 9.78 Å². The molecule has 1 aromatic heterocycles. The van der Waals surface area contributed by atoms with Crippen molar-refractivity contribution in [3.63, 3.8) is 0 Å². The molecule has 0 unspecified atom stereocenters. The highest BCUT2D eigenvalue weighted by molar-refractivity contribution is 5.86. The maximum absolute atomic E-state index is 11.0. The van der Waals surface area contributed by atoms with Crippen LogP contribution in [0, 0.1) is 0 Å². The van der Waals surface area contributed by atoms with E-state index >= 15 is 0 Å². The van der Waals surface area contributed by atoms with Crippen LogP contribution in [-0.4, -0.2) is 17.4 Å². The third-order valence-electron chi connectivity index (χ3n) is 2.57. The average molecular weight is 226 g/mol. The van der Waals surface area contributed by atoms with E-state index in [2.05, 4.69) is 22.9 Å². The van der Waals surface area contributed by atoms with E-state index in [1.165, 1.54) is 11.6 Å². The first kappa shape index (κ1) is 11.3. The minimum absolute atomic E-state index is 0.132. The standard InChI is InChI=1S/C14H14N2O/c1-2-14(17)16-9-7-11-5-6-13-12(10-11)4-3-8-15-13/h2-6,8,10H,1,7,9H2,(H,16,17). The zero-order valence-corrected chi connectivity index (χ0v) is 9.52. The predicted molar refractivity (Wildman–Crippen MR) is 68.7 cm³/mol. The van der Waals surface area contributed by atoms with Crippen molar-refractivity contribution in [2.45, 2.75) is 6.42 Å². The number of fused-ring (bicyclic) bond motifs is 1. The van der Waals surface area contributed by atoms with Gasteiger partial charge in [0.2, 0.25) is 5.91 Å². The highest BCUT2D eigenvalue weighted by Gasteiger charge is 1.98. The van der Waals surface area contributed by atoms with E-state index in [4.69, 9.17) is 0 Å². The van der Waals surface area contributed by atoms with Gasteiger partial charge in [-0.1, -0.05) is 18.7 Å². The number of nitrogens with one attached hydrogen (secondary N) is 1. The SMILES string of the molecule is C=CC(=O)NCCc1ccc2ncccc2c1. The molecule has 0 aliphatic heterocycles. The second-order valence-electron chi connectivity index (χ2n) is 3.78. The van der Waals surface area contributed by atoms with Crippen LogP contribution in [0.2, 0.25) is 0 Å². The first-order valence-electron chi connectivity index (χ1n) is 5.53. The van der Waals surface area contributed by atoms with Gasteiger partial charge in [-0.25, -0.2) is 0 Å². The summed E-state index contributed by atoms with van der Waals surface area (Å²) in [6.07, 6.45) is 3.88. The Morgan fingerprint density at radius 1 is 1.41 bits per heavy atom. The van der Waals surface area contributed by atoms with Crippen molar-refractivity contribution >= 4 is 16.8 Å². The average Bonchev–Trinajstić information content (AvgIpc) is 2.38. The maximum atomic E-state index is 11.0. The van der Waals surface area contributed by atoms with E-state index < -0.39 is 0 Å². The van der Waals surface area contributed by atoms with Crippen LogP contribution in [0.25, 0.3) is 10.9 Å². The smallest absolute Gasteiger partial charge is 0.243 e. The summed E-state index contributed by atoms with van der Waals surface area (Å²) in [7, 11) is 0. The molecule has 0 saturated carbocycles. The molecule has 1 heterocycles. The molecule has 0 spiro atoms. The fourth-order valence-corrected chi connectivity index (χ4v) is 1.68. The number of hydrogen-bond donors (Lipinski definition) is 1. The fourth-order valence-electron chi connectivity index (χ4n) is 1.68. The molecular weight excluding hydrogens is 212 g/mol. The topological polar surface area (TPSA) is 42.0 Å². The molecule has 1 amide bonds. The minimum atomic E-state index is -0.132. The van der Waals surface area contributed by atoms with Crippen LogP contribution in [-0.2, 0) is 11.2 Å². The van der Waals surface area contributed by atoms with Crippen LogP contribution in [0.4, 0.5) is 0 Å². The number of pyridine rings is 1. The van der Waals surface area contributed by atoms with Crippen LogP contribution in [0.1, 0.15) is 5.56 Å². The van der Waals surface area contributed by atoms with Gasteiger partial charge in [0.1, 0.15) is 0 Å². The molecule has 2 aromatic rings. The Kier molecular flexibility index (Phi) is 3.50. The summed E-state index contributed by atoms with van der Waals surface area (Å²) in [5, 5.41) is 3.88. The van der Waals surface area contributed by atoms with E-state index in [-0.39, 0.29) is 5.91 Å². The minimum Gasteiger partial charge on any atom is -0.352 e. The quantitative estimate of drug-likeness (QED) is 0.811. The number of hydrogen-bond acceptors (Lipinski definition) is 2. The lowest BCUT2D eigenvalue weighted by molar-refractivity contribution is -0.116. The van der Waals surface area contributed by atoms with E-state index in [1.54, 1.807) is 6.20 Å². The molecule has 3 nitrogen and oxygen atoms in total. The predicted octanol–water partition coefficient (Wildman–Crippen LogP) is 2.08. The van der Waals surface area contributed by atoms with Crippen molar-refractivity contribution in [2.24, 2.45) is 0 Å². The summed E-state index contributed by atoms with van der Waals surface area (Å²) in [6.45, 7) is 4.03. The molecule has 1 aromatic carbocycles. The number of rotatable bonds is 4. The molecular formula is C14H14N2O. The molecule has 0 aliphatic rings. The van der Waals surface area contributed by atoms with Gasteiger partial charge >= 0.3 is 0 Å². The van der Waals surface area contributed by atoms with E-state index in [1.807, 2.05) is 24.3 Å². The molecule has 2 rings (SSSR count). The number of aromatic nitrogens is 1. The highest BCUT2D eigenvalue weighted by Crippen LogP contribution is 2.13. The van der Waals surface area contributed by atoms with Gasteiger partial charge in [-0.05, 0) is 36.3 Å².